The molecule has 3 aromatic rings. The summed E-state index contributed by atoms with van der Waals surface area (Å²) in [7, 11) is 1.33. The summed E-state index contributed by atoms with van der Waals surface area (Å²) in [6.07, 6.45) is 0. The standard InChI is InChI=1S/C22H20BrN3O5/c1-12-20(26(28)29)21(31-25-12)17-16(13-6-4-3-5-7-13)19(22(27)30-2)24-18(17)14-8-10-15(23)11-9-14/h3-11,16-19,24H,1-2H3/t16-,17-,18-,19-/m0/s1. The molecule has 0 amide bonds. The molecule has 31 heavy (non-hydrogen) atoms. The van der Waals surface area contributed by atoms with E-state index in [4.69, 9.17) is 9.26 Å². The van der Waals surface area contributed by atoms with Gasteiger partial charge < -0.3 is 9.26 Å². The third kappa shape index (κ3) is 3.86. The van der Waals surface area contributed by atoms with Crippen molar-refractivity contribution in [3.63, 3.8) is 0 Å². The number of esters is 1. The fourth-order valence-corrected chi connectivity index (χ4v) is 4.61. The summed E-state index contributed by atoms with van der Waals surface area (Å²) in [5, 5.41) is 19.1. The van der Waals surface area contributed by atoms with Crippen LogP contribution in [0.5, 0.6) is 0 Å². The molecule has 1 aromatic heterocycles. The molecule has 0 aliphatic carbocycles. The number of rotatable bonds is 5. The van der Waals surface area contributed by atoms with Crippen LogP contribution in [-0.2, 0) is 9.53 Å². The van der Waals surface area contributed by atoms with Crippen LogP contribution in [0.3, 0.4) is 0 Å². The van der Waals surface area contributed by atoms with Crippen molar-refractivity contribution in [3.8, 4) is 0 Å². The van der Waals surface area contributed by atoms with Crippen molar-refractivity contribution in [2.24, 2.45) is 0 Å². The summed E-state index contributed by atoms with van der Waals surface area (Å²) in [6, 6.07) is 15.8. The highest BCUT2D eigenvalue weighted by atomic mass is 79.9. The molecular weight excluding hydrogens is 466 g/mol. The Hall–Kier alpha value is -3.04. The Morgan fingerprint density at radius 2 is 1.81 bits per heavy atom. The number of methoxy groups -OCH3 is 1. The number of ether oxygens (including phenoxy) is 1. The van der Waals surface area contributed by atoms with Crippen molar-refractivity contribution in [3.05, 3.63) is 91.8 Å². The molecule has 0 saturated carbocycles. The topological polar surface area (TPSA) is 108 Å². The number of carbonyl (C=O) groups excluding carboxylic acids is 1. The zero-order valence-corrected chi connectivity index (χ0v) is 18.4. The highest BCUT2D eigenvalue weighted by molar-refractivity contribution is 9.10. The molecule has 0 bridgehead atoms. The molecule has 2 aromatic carbocycles. The van der Waals surface area contributed by atoms with Crippen molar-refractivity contribution in [2.75, 3.05) is 7.11 Å². The minimum absolute atomic E-state index is 0.142. The van der Waals surface area contributed by atoms with E-state index in [1.54, 1.807) is 0 Å². The highest BCUT2D eigenvalue weighted by Gasteiger charge is 2.52. The van der Waals surface area contributed by atoms with Gasteiger partial charge in [0.1, 0.15) is 6.04 Å². The first-order chi connectivity index (χ1) is 14.9. The fourth-order valence-electron chi connectivity index (χ4n) is 4.34. The Bertz CT molecular complexity index is 1100. The van der Waals surface area contributed by atoms with E-state index in [-0.39, 0.29) is 17.1 Å². The largest absolute Gasteiger partial charge is 0.468 e. The first kappa shape index (κ1) is 21.2. The van der Waals surface area contributed by atoms with E-state index in [0.29, 0.717) is 0 Å². The van der Waals surface area contributed by atoms with Gasteiger partial charge in [0.05, 0.1) is 18.0 Å². The van der Waals surface area contributed by atoms with E-state index in [2.05, 4.69) is 26.4 Å². The number of benzene rings is 2. The second-order valence-corrected chi connectivity index (χ2v) is 8.31. The van der Waals surface area contributed by atoms with E-state index < -0.39 is 34.8 Å². The number of carbonyl (C=O) groups is 1. The minimum atomic E-state index is -0.726. The molecule has 1 aliphatic heterocycles. The third-order valence-electron chi connectivity index (χ3n) is 5.68. The predicted molar refractivity (Wildman–Crippen MR) is 116 cm³/mol. The molecule has 1 N–H and O–H groups in total. The monoisotopic (exact) mass is 485 g/mol. The second kappa shape index (κ2) is 8.60. The number of nitrogens with one attached hydrogen (secondary N) is 1. The number of nitro groups is 1. The number of aryl methyl sites for hydroxylation is 1. The number of nitrogens with zero attached hydrogens (tertiary/aromatic N) is 2. The summed E-state index contributed by atoms with van der Waals surface area (Å²) in [6.45, 7) is 1.54. The molecule has 0 unspecified atom stereocenters. The number of aromatic nitrogens is 1. The van der Waals surface area contributed by atoms with Crippen LogP contribution in [-0.4, -0.2) is 29.2 Å². The van der Waals surface area contributed by atoms with Crippen molar-refractivity contribution < 1.29 is 19.0 Å². The first-order valence-corrected chi connectivity index (χ1v) is 10.5. The quantitative estimate of drug-likeness (QED) is 0.324. The lowest BCUT2D eigenvalue weighted by molar-refractivity contribution is -0.386. The molecule has 160 valence electrons. The Balaban J connectivity index is 1.93. The Morgan fingerprint density at radius 1 is 1.13 bits per heavy atom. The zero-order valence-electron chi connectivity index (χ0n) is 16.8. The van der Waals surface area contributed by atoms with E-state index >= 15 is 0 Å². The Morgan fingerprint density at radius 3 is 2.42 bits per heavy atom. The van der Waals surface area contributed by atoms with Gasteiger partial charge in [0, 0.05) is 16.4 Å². The van der Waals surface area contributed by atoms with Crippen molar-refractivity contribution in [1.29, 1.82) is 0 Å². The molecule has 8 nitrogen and oxygen atoms in total. The van der Waals surface area contributed by atoms with Crippen LogP contribution < -0.4 is 5.32 Å². The van der Waals surface area contributed by atoms with E-state index in [9.17, 15) is 14.9 Å². The van der Waals surface area contributed by atoms with Gasteiger partial charge in [-0.3, -0.25) is 20.2 Å². The van der Waals surface area contributed by atoms with E-state index in [0.717, 1.165) is 15.6 Å². The maximum atomic E-state index is 12.8. The predicted octanol–water partition coefficient (Wildman–Crippen LogP) is 4.41. The summed E-state index contributed by atoms with van der Waals surface area (Å²) < 4.78 is 11.5. The highest BCUT2D eigenvalue weighted by Crippen LogP contribution is 2.52. The molecule has 0 spiro atoms. The van der Waals surface area contributed by atoms with Gasteiger partial charge in [-0.05, 0) is 30.2 Å². The molecule has 1 fully saturated rings. The molecular formula is C22H20BrN3O5. The van der Waals surface area contributed by atoms with Gasteiger partial charge in [-0.15, -0.1) is 0 Å². The number of halogens is 1. The Kier molecular flexibility index (Phi) is 5.88. The maximum absolute atomic E-state index is 12.8. The van der Waals surface area contributed by atoms with Crippen LogP contribution in [0.4, 0.5) is 5.69 Å². The average Bonchev–Trinajstić information content (AvgIpc) is 3.35. The molecule has 4 rings (SSSR count). The van der Waals surface area contributed by atoms with Crippen molar-refractivity contribution in [2.45, 2.75) is 30.8 Å². The fraction of sp³-hybridized carbons (Fsp3) is 0.273. The molecule has 2 heterocycles. The van der Waals surface area contributed by atoms with E-state index in [1.165, 1.54) is 14.0 Å². The SMILES string of the molecule is COC(=O)[C@H]1N[C@@H](c2ccc(Br)cc2)[C@@H](c2onc(C)c2[N+](=O)[O-])[C@@H]1c1ccccc1. The maximum Gasteiger partial charge on any atom is 0.334 e. The second-order valence-electron chi connectivity index (χ2n) is 7.40. The molecule has 0 radical (unpaired) electrons. The van der Waals surface area contributed by atoms with Crippen LogP contribution in [0.25, 0.3) is 0 Å². The molecule has 4 atom stereocenters. The lowest BCUT2D eigenvalue weighted by Crippen LogP contribution is -2.36. The lowest BCUT2D eigenvalue weighted by Gasteiger charge is -2.23. The van der Waals surface area contributed by atoms with Gasteiger partial charge in [0.15, 0.2) is 5.69 Å². The molecule has 9 heteroatoms. The lowest BCUT2D eigenvalue weighted by atomic mass is 9.78. The van der Waals surface area contributed by atoms with Crippen LogP contribution in [0.1, 0.15) is 40.5 Å². The smallest absolute Gasteiger partial charge is 0.334 e. The minimum Gasteiger partial charge on any atom is -0.468 e. The van der Waals surface area contributed by atoms with Gasteiger partial charge in [-0.1, -0.05) is 63.6 Å². The summed E-state index contributed by atoms with van der Waals surface area (Å²) >= 11 is 3.43. The van der Waals surface area contributed by atoms with Gasteiger partial charge in [0.2, 0.25) is 5.76 Å². The summed E-state index contributed by atoms with van der Waals surface area (Å²) in [5.74, 6) is -1.33. The average molecular weight is 486 g/mol. The van der Waals surface area contributed by atoms with Crippen LogP contribution >= 0.6 is 15.9 Å². The third-order valence-corrected chi connectivity index (χ3v) is 6.20. The van der Waals surface area contributed by atoms with Gasteiger partial charge in [-0.2, -0.15) is 0 Å². The first-order valence-electron chi connectivity index (χ1n) is 9.67. The summed E-state index contributed by atoms with van der Waals surface area (Å²) in [5.41, 5.74) is 1.74. The normalized spacial score (nSPS) is 22.9. The van der Waals surface area contributed by atoms with E-state index in [1.807, 2.05) is 54.6 Å². The summed E-state index contributed by atoms with van der Waals surface area (Å²) in [4.78, 5) is 24.1. The van der Waals surface area contributed by atoms with Gasteiger partial charge in [0.25, 0.3) is 0 Å². The number of hydrogen-bond donors (Lipinski definition) is 1. The Labute approximate surface area is 186 Å². The van der Waals surface area contributed by atoms with Crippen LogP contribution in [0, 0.1) is 17.0 Å². The molecule has 1 aliphatic rings. The van der Waals surface area contributed by atoms with Gasteiger partial charge in [-0.25, -0.2) is 0 Å². The van der Waals surface area contributed by atoms with Crippen molar-refractivity contribution in [1.82, 2.24) is 10.5 Å². The molecule has 1 saturated heterocycles. The number of hydrogen-bond acceptors (Lipinski definition) is 7. The van der Waals surface area contributed by atoms with Crippen molar-refractivity contribution >= 4 is 27.6 Å². The van der Waals surface area contributed by atoms with Crippen LogP contribution in [0.15, 0.2) is 63.6 Å². The van der Waals surface area contributed by atoms with Gasteiger partial charge >= 0.3 is 11.7 Å². The zero-order chi connectivity index (χ0) is 22.1. The van der Waals surface area contributed by atoms with Crippen LogP contribution in [0.2, 0.25) is 0 Å².